The first kappa shape index (κ1) is 28.0. The molecule has 6 rings (SSSR count). The van der Waals surface area contributed by atoms with Crippen molar-refractivity contribution in [2.24, 2.45) is 23.2 Å². The van der Waals surface area contributed by atoms with Gasteiger partial charge in [-0.15, -0.1) is 13.2 Å². The summed E-state index contributed by atoms with van der Waals surface area (Å²) in [5.74, 6) is 1.69. The molecule has 0 aliphatic heterocycles. The van der Waals surface area contributed by atoms with Gasteiger partial charge in [-0.25, -0.2) is 4.98 Å². The minimum Gasteiger partial charge on any atom is -0.465 e. The summed E-state index contributed by atoms with van der Waals surface area (Å²) in [6.07, 6.45) is 2.10. The van der Waals surface area contributed by atoms with Gasteiger partial charge in [-0.1, -0.05) is 18.2 Å². The van der Waals surface area contributed by atoms with E-state index >= 15 is 0 Å². The van der Waals surface area contributed by atoms with Crippen molar-refractivity contribution in [3.05, 3.63) is 41.6 Å². The molecule has 3 N–H and O–H groups in total. The van der Waals surface area contributed by atoms with Gasteiger partial charge >= 0.3 is 12.3 Å². The quantitative estimate of drug-likeness (QED) is 0.339. The minimum absolute atomic E-state index is 0.00670. The minimum atomic E-state index is -4.80. The molecule has 0 radical (unpaired) electrons. The van der Waals surface area contributed by atoms with E-state index in [-0.39, 0.29) is 36.2 Å². The van der Waals surface area contributed by atoms with E-state index in [1.165, 1.54) is 24.4 Å². The lowest BCUT2D eigenvalue weighted by Crippen LogP contribution is -2.60. The summed E-state index contributed by atoms with van der Waals surface area (Å²) in [5, 5.41) is 19.5. The average molecular weight is 559 g/mol. The fourth-order valence-corrected chi connectivity index (χ4v) is 7.16. The molecule has 4 saturated carbocycles. The Labute approximate surface area is 230 Å². The van der Waals surface area contributed by atoms with Crippen molar-refractivity contribution < 1.29 is 27.4 Å². The lowest BCUT2D eigenvalue weighted by Gasteiger charge is -2.60. The van der Waals surface area contributed by atoms with E-state index in [0.717, 1.165) is 32.1 Å². The van der Waals surface area contributed by atoms with Gasteiger partial charge in [0.15, 0.2) is 0 Å². The zero-order chi connectivity index (χ0) is 28.3. The van der Waals surface area contributed by atoms with Gasteiger partial charge in [-0.3, -0.25) is 4.79 Å². The van der Waals surface area contributed by atoms with Crippen molar-refractivity contribution in [2.75, 3.05) is 30.3 Å². The highest BCUT2D eigenvalue weighted by molar-refractivity contribution is 5.71. The van der Waals surface area contributed by atoms with E-state index in [2.05, 4.69) is 36.7 Å². The molecule has 4 bridgehead atoms. The van der Waals surface area contributed by atoms with Crippen LogP contribution >= 0.6 is 0 Å². The molecule has 0 spiro atoms. The number of ether oxygens (including phenoxy) is 2. The maximum Gasteiger partial charge on any atom is 0.573 e. The number of benzene rings is 1. The summed E-state index contributed by atoms with van der Waals surface area (Å²) in [6.45, 7) is 3.08. The number of anilines is 2. The Bertz CT molecular complexity index is 1250. The van der Waals surface area contributed by atoms with E-state index in [4.69, 9.17) is 4.74 Å². The number of esters is 1. The number of aromatic nitrogens is 2. The number of hydrogen-bond acceptors (Lipinski definition) is 9. The molecule has 4 aliphatic rings. The number of para-hydroxylation sites is 1. The third-order valence-corrected chi connectivity index (χ3v) is 8.36. The van der Waals surface area contributed by atoms with Crippen LogP contribution in [0.3, 0.4) is 0 Å². The second-order valence-corrected chi connectivity index (χ2v) is 11.1. The Morgan fingerprint density at radius 3 is 2.62 bits per heavy atom. The zero-order valence-electron chi connectivity index (χ0n) is 22.3. The van der Waals surface area contributed by atoms with Gasteiger partial charge in [-0.05, 0) is 68.3 Å². The Kier molecular flexibility index (Phi) is 8.03. The third-order valence-electron chi connectivity index (χ3n) is 8.36. The summed E-state index contributed by atoms with van der Waals surface area (Å²) >= 11 is 0. The summed E-state index contributed by atoms with van der Waals surface area (Å²) in [5.41, 5.74) is 0.671. The number of halogens is 3. The molecular formula is C28H33F3N6O3. The SMILES string of the molecule is CCOC(=O)CN[C@H]1[C@@H]2CC3C[C@H]1C[C@@](CNc1nc(NCc4ccccc4OC(F)(F)F)ncc1C#N)(C3)C2. The molecule has 0 saturated heterocycles. The lowest BCUT2D eigenvalue weighted by atomic mass is 9.48. The van der Waals surface area contributed by atoms with Crippen LogP contribution < -0.4 is 20.7 Å². The molecule has 214 valence electrons. The molecule has 1 aromatic heterocycles. The molecule has 4 aliphatic carbocycles. The van der Waals surface area contributed by atoms with Crippen LogP contribution in [0.4, 0.5) is 24.9 Å². The molecule has 1 heterocycles. The largest absolute Gasteiger partial charge is 0.573 e. The Morgan fingerprint density at radius 1 is 1.18 bits per heavy atom. The molecule has 1 unspecified atom stereocenters. The second kappa shape index (κ2) is 11.5. The van der Waals surface area contributed by atoms with E-state index in [1.807, 2.05) is 0 Å². The number of hydrogen-bond donors (Lipinski definition) is 3. The molecular weight excluding hydrogens is 525 g/mol. The van der Waals surface area contributed by atoms with Gasteiger partial charge in [-0.2, -0.15) is 10.2 Å². The van der Waals surface area contributed by atoms with Gasteiger partial charge in [0.25, 0.3) is 0 Å². The second-order valence-electron chi connectivity index (χ2n) is 11.1. The van der Waals surface area contributed by atoms with Gasteiger partial charge < -0.3 is 25.4 Å². The van der Waals surface area contributed by atoms with E-state index < -0.39 is 6.36 Å². The molecule has 0 amide bonds. The van der Waals surface area contributed by atoms with Crippen LogP contribution in [-0.2, 0) is 16.1 Å². The number of nitrogens with zero attached hydrogens (tertiary/aromatic N) is 3. The van der Waals surface area contributed by atoms with Crippen LogP contribution in [0, 0.1) is 34.5 Å². The fourth-order valence-electron chi connectivity index (χ4n) is 7.16. The molecule has 2 aromatic rings. The maximum atomic E-state index is 12.8. The van der Waals surface area contributed by atoms with Gasteiger partial charge in [0.2, 0.25) is 5.95 Å². The zero-order valence-corrected chi connectivity index (χ0v) is 22.3. The number of nitriles is 1. The first-order valence-electron chi connectivity index (χ1n) is 13.6. The monoisotopic (exact) mass is 558 g/mol. The van der Waals surface area contributed by atoms with Crippen molar-refractivity contribution in [1.29, 1.82) is 5.26 Å². The van der Waals surface area contributed by atoms with Crippen LogP contribution in [0.5, 0.6) is 5.75 Å². The number of carbonyl (C=O) groups excluding carboxylic acids is 1. The normalized spacial score (nSPS) is 26.7. The number of rotatable bonds is 11. The number of nitrogens with one attached hydrogen (secondary N) is 3. The summed E-state index contributed by atoms with van der Waals surface area (Å²) in [7, 11) is 0. The highest BCUT2D eigenvalue weighted by Crippen LogP contribution is 2.60. The summed E-state index contributed by atoms with van der Waals surface area (Å²) in [6, 6.07) is 8.29. The van der Waals surface area contributed by atoms with Crippen LogP contribution in [0.15, 0.2) is 30.5 Å². The van der Waals surface area contributed by atoms with Crippen molar-refractivity contribution in [1.82, 2.24) is 15.3 Å². The Hall–Kier alpha value is -3.59. The summed E-state index contributed by atoms with van der Waals surface area (Å²) < 4.78 is 47.5. The predicted molar refractivity (Wildman–Crippen MR) is 140 cm³/mol. The van der Waals surface area contributed by atoms with Crippen molar-refractivity contribution >= 4 is 17.7 Å². The highest BCUT2D eigenvalue weighted by Gasteiger charge is 2.55. The average Bonchev–Trinajstić information content (AvgIpc) is 2.90. The van der Waals surface area contributed by atoms with Crippen molar-refractivity contribution in [3.63, 3.8) is 0 Å². The molecule has 9 nitrogen and oxygen atoms in total. The third kappa shape index (κ3) is 6.41. The van der Waals surface area contributed by atoms with Crippen LogP contribution in [0.2, 0.25) is 0 Å². The number of alkyl halides is 3. The van der Waals surface area contributed by atoms with E-state index in [9.17, 15) is 23.2 Å². The molecule has 1 aromatic carbocycles. The topological polar surface area (TPSA) is 121 Å². The van der Waals surface area contributed by atoms with E-state index in [0.29, 0.717) is 53.9 Å². The van der Waals surface area contributed by atoms with Crippen LogP contribution in [0.1, 0.15) is 50.2 Å². The standard InChI is InChI=1S/C28H33F3N6O3/c1-2-39-23(38)15-33-24-19-7-17-8-20(24)11-27(9-17,10-19)16-36-25-21(12-32)14-35-26(37-25)34-13-18-5-3-4-6-22(18)40-28(29,30)31/h3-6,14,17,19-20,24,33H,2,7-11,13,15-16H2,1H3,(H2,34,35,36,37)/t17?,19-,20+,24+,27-. The molecule has 40 heavy (non-hydrogen) atoms. The maximum absolute atomic E-state index is 12.8. The predicted octanol–water partition coefficient (Wildman–Crippen LogP) is 4.62. The van der Waals surface area contributed by atoms with Crippen LogP contribution in [0.25, 0.3) is 0 Å². The molecule has 12 heteroatoms. The van der Waals surface area contributed by atoms with Gasteiger partial charge in [0.1, 0.15) is 23.2 Å². The van der Waals surface area contributed by atoms with Gasteiger partial charge in [0, 0.05) is 24.7 Å². The number of carbonyl (C=O) groups is 1. The lowest BCUT2D eigenvalue weighted by molar-refractivity contribution is -0.274. The van der Waals surface area contributed by atoms with Crippen LogP contribution in [-0.4, -0.2) is 48.0 Å². The molecule has 5 atom stereocenters. The van der Waals surface area contributed by atoms with E-state index in [1.54, 1.807) is 13.0 Å². The molecule has 4 fully saturated rings. The highest BCUT2D eigenvalue weighted by atomic mass is 19.4. The Balaban J connectivity index is 1.23. The van der Waals surface area contributed by atoms with Crippen molar-refractivity contribution in [3.8, 4) is 11.8 Å². The van der Waals surface area contributed by atoms with Gasteiger partial charge in [0.05, 0.1) is 19.3 Å². The fraction of sp³-hybridized carbons (Fsp3) is 0.571. The first-order valence-corrected chi connectivity index (χ1v) is 13.6. The Morgan fingerprint density at radius 2 is 1.93 bits per heavy atom. The smallest absolute Gasteiger partial charge is 0.465 e. The first-order chi connectivity index (χ1) is 19.2. The summed E-state index contributed by atoms with van der Waals surface area (Å²) in [4.78, 5) is 20.5. The van der Waals surface area contributed by atoms with Crippen molar-refractivity contribution in [2.45, 2.75) is 58.0 Å².